The largest absolute Gasteiger partial charge is 0.506 e. The molecule has 7 heteroatoms. The van der Waals surface area contributed by atoms with Gasteiger partial charge < -0.3 is 10.4 Å². The van der Waals surface area contributed by atoms with E-state index in [1.807, 2.05) is 6.07 Å². The number of benzene rings is 1. The van der Waals surface area contributed by atoms with Gasteiger partial charge in [0.25, 0.3) is 0 Å². The third kappa shape index (κ3) is 5.51. The van der Waals surface area contributed by atoms with Crippen molar-refractivity contribution >= 4 is 40.7 Å². The summed E-state index contributed by atoms with van der Waals surface area (Å²) in [5.41, 5.74) is 1.20. The molecular weight excluding hydrogens is 401 g/mol. The highest BCUT2D eigenvalue weighted by molar-refractivity contribution is 9.10. The number of aromatic hydroxyl groups is 1. The van der Waals surface area contributed by atoms with Crippen molar-refractivity contribution in [3.63, 3.8) is 0 Å². The van der Waals surface area contributed by atoms with Crippen molar-refractivity contribution in [2.45, 2.75) is 26.3 Å². The topological polar surface area (TPSA) is 59.3 Å². The van der Waals surface area contributed by atoms with Gasteiger partial charge in [-0.05, 0) is 24.5 Å². The van der Waals surface area contributed by atoms with Gasteiger partial charge in [-0.25, -0.2) is 0 Å². The predicted octanol–water partition coefficient (Wildman–Crippen LogP) is 3.86. The summed E-state index contributed by atoms with van der Waals surface area (Å²) in [5, 5.41) is 23.0. The lowest BCUT2D eigenvalue weighted by Crippen LogP contribution is -2.45. The fraction of sp³-hybridized carbons (Fsp3) is 0.562. The van der Waals surface area contributed by atoms with Crippen molar-refractivity contribution in [1.29, 1.82) is 5.26 Å². The molecule has 1 saturated heterocycles. The van der Waals surface area contributed by atoms with Crippen molar-refractivity contribution in [3.8, 4) is 11.8 Å². The van der Waals surface area contributed by atoms with E-state index < -0.39 is 0 Å². The molecule has 2 rings (SSSR count). The molecule has 0 spiro atoms. The molecule has 0 radical (unpaired) electrons. The van der Waals surface area contributed by atoms with Gasteiger partial charge in [0.2, 0.25) is 0 Å². The van der Waals surface area contributed by atoms with E-state index in [0.29, 0.717) is 11.5 Å². The maximum atomic E-state index is 10.5. The van der Waals surface area contributed by atoms with Crippen LogP contribution in [0.4, 0.5) is 0 Å². The first-order valence-electron chi connectivity index (χ1n) is 7.40. The summed E-state index contributed by atoms with van der Waals surface area (Å²) >= 11 is 3.56. The molecule has 2 N–H and O–H groups in total. The molecule has 1 fully saturated rings. The number of rotatable bonds is 4. The van der Waals surface area contributed by atoms with Crippen LogP contribution in [0.15, 0.2) is 16.6 Å². The quantitative estimate of drug-likeness (QED) is 0.770. The molecule has 0 amide bonds. The predicted molar refractivity (Wildman–Crippen MR) is 102 cm³/mol. The van der Waals surface area contributed by atoms with Crippen LogP contribution in [-0.4, -0.2) is 36.2 Å². The van der Waals surface area contributed by atoms with Crippen LogP contribution >= 0.6 is 40.7 Å². The zero-order valence-corrected chi connectivity index (χ0v) is 16.6. The molecule has 1 atom stereocenters. The zero-order chi connectivity index (χ0) is 15.4. The molecule has 1 aromatic carbocycles. The van der Waals surface area contributed by atoms with Crippen LogP contribution in [0.3, 0.4) is 0 Å². The van der Waals surface area contributed by atoms with Gasteiger partial charge in [0, 0.05) is 42.3 Å². The minimum Gasteiger partial charge on any atom is -0.506 e. The smallest absolute Gasteiger partial charge is 0.139 e. The van der Waals surface area contributed by atoms with Crippen molar-refractivity contribution < 1.29 is 5.11 Å². The second-order valence-corrected chi connectivity index (χ2v) is 6.75. The number of nitrogens with zero attached hydrogens (tertiary/aromatic N) is 2. The van der Waals surface area contributed by atoms with Gasteiger partial charge in [-0.1, -0.05) is 29.8 Å². The second-order valence-electron chi connectivity index (χ2n) is 5.90. The zero-order valence-electron chi connectivity index (χ0n) is 13.4. The van der Waals surface area contributed by atoms with E-state index in [0.717, 1.165) is 42.6 Å². The highest BCUT2D eigenvalue weighted by Crippen LogP contribution is 2.40. The SMILES string of the molecule is CC(C)C[C@@H](c1c(Br)ccc(C#N)c1O)N1CCNCC1.Cl.Cl. The van der Waals surface area contributed by atoms with E-state index in [1.54, 1.807) is 6.07 Å². The molecular formula is C16H24BrCl2N3O. The van der Waals surface area contributed by atoms with Crippen LogP contribution in [0.1, 0.15) is 37.4 Å². The molecule has 130 valence electrons. The number of hydrogen-bond donors (Lipinski definition) is 2. The summed E-state index contributed by atoms with van der Waals surface area (Å²) in [5.74, 6) is 0.637. The van der Waals surface area contributed by atoms with Crippen LogP contribution in [0.5, 0.6) is 5.75 Å². The number of hydrogen-bond acceptors (Lipinski definition) is 4. The van der Waals surface area contributed by atoms with Gasteiger partial charge in [0.1, 0.15) is 11.8 Å². The molecule has 0 unspecified atom stereocenters. The Hall–Kier alpha value is -0.510. The Morgan fingerprint density at radius 2 is 1.91 bits per heavy atom. The number of halogens is 3. The fourth-order valence-corrected chi connectivity index (χ4v) is 3.46. The van der Waals surface area contributed by atoms with Crippen LogP contribution in [0.2, 0.25) is 0 Å². The third-order valence-electron chi connectivity index (χ3n) is 3.90. The van der Waals surface area contributed by atoms with E-state index >= 15 is 0 Å². The monoisotopic (exact) mass is 423 g/mol. The van der Waals surface area contributed by atoms with Gasteiger partial charge in [-0.3, -0.25) is 4.90 Å². The summed E-state index contributed by atoms with van der Waals surface area (Å²) in [7, 11) is 0. The second kappa shape index (κ2) is 10.4. The van der Waals surface area contributed by atoms with E-state index in [2.05, 4.69) is 46.1 Å². The molecule has 1 aromatic rings. The van der Waals surface area contributed by atoms with Crippen molar-refractivity contribution in [1.82, 2.24) is 10.2 Å². The van der Waals surface area contributed by atoms with E-state index in [1.165, 1.54) is 0 Å². The number of nitrogens with one attached hydrogen (secondary N) is 1. The molecule has 1 aliphatic heterocycles. The number of phenolic OH excluding ortho intramolecular Hbond substituents is 1. The molecule has 1 aliphatic rings. The average Bonchev–Trinajstić information content (AvgIpc) is 2.47. The number of nitriles is 1. The highest BCUT2D eigenvalue weighted by atomic mass is 79.9. The third-order valence-corrected chi connectivity index (χ3v) is 4.60. The molecule has 0 aliphatic carbocycles. The first kappa shape index (κ1) is 22.5. The average molecular weight is 425 g/mol. The maximum absolute atomic E-state index is 10.5. The lowest BCUT2D eigenvalue weighted by Gasteiger charge is -2.37. The molecule has 4 nitrogen and oxygen atoms in total. The molecule has 0 bridgehead atoms. The summed E-state index contributed by atoms with van der Waals surface area (Å²) < 4.78 is 0.878. The Labute approximate surface area is 159 Å². The standard InChI is InChI=1S/C16H22BrN3O.2ClH/c1-11(2)9-14(20-7-5-19-6-8-20)15-13(17)4-3-12(10-18)16(15)21;;/h3-4,11,14,19,21H,5-9H2,1-2H3;2*1H/t14-;;/m0../s1. The van der Waals surface area contributed by atoms with Crippen LogP contribution in [0, 0.1) is 17.2 Å². The highest BCUT2D eigenvalue weighted by Gasteiger charge is 2.28. The maximum Gasteiger partial charge on any atom is 0.139 e. The number of piperazine rings is 1. The fourth-order valence-electron chi connectivity index (χ4n) is 2.88. The van der Waals surface area contributed by atoms with Crippen LogP contribution in [0.25, 0.3) is 0 Å². The Morgan fingerprint density at radius 3 is 2.43 bits per heavy atom. The molecule has 1 heterocycles. The normalized spacial score (nSPS) is 16.1. The van der Waals surface area contributed by atoms with Gasteiger partial charge in [0.15, 0.2) is 0 Å². The Kier molecular flexibility index (Phi) is 10.1. The summed E-state index contributed by atoms with van der Waals surface area (Å²) in [6.07, 6.45) is 0.959. The molecule has 0 aromatic heterocycles. The lowest BCUT2D eigenvalue weighted by atomic mass is 9.93. The Morgan fingerprint density at radius 1 is 1.30 bits per heavy atom. The van der Waals surface area contributed by atoms with Crippen molar-refractivity contribution in [2.75, 3.05) is 26.2 Å². The first-order valence-corrected chi connectivity index (χ1v) is 8.20. The van der Waals surface area contributed by atoms with Gasteiger partial charge in [-0.2, -0.15) is 5.26 Å². The minimum absolute atomic E-state index is 0. The Balaban J connectivity index is 0.00000242. The minimum atomic E-state index is 0. The van der Waals surface area contributed by atoms with Gasteiger partial charge in [-0.15, -0.1) is 24.8 Å². The first-order chi connectivity index (χ1) is 10.0. The Bertz CT molecular complexity index is 543. The van der Waals surface area contributed by atoms with Crippen LogP contribution < -0.4 is 5.32 Å². The summed E-state index contributed by atoms with van der Waals surface area (Å²) in [4.78, 5) is 2.40. The summed E-state index contributed by atoms with van der Waals surface area (Å²) in [6, 6.07) is 5.73. The summed E-state index contributed by atoms with van der Waals surface area (Å²) in [6.45, 7) is 8.22. The molecule has 0 saturated carbocycles. The van der Waals surface area contributed by atoms with E-state index in [-0.39, 0.29) is 36.6 Å². The van der Waals surface area contributed by atoms with Gasteiger partial charge in [0.05, 0.1) is 5.56 Å². The van der Waals surface area contributed by atoms with Gasteiger partial charge >= 0.3 is 0 Å². The van der Waals surface area contributed by atoms with Crippen molar-refractivity contribution in [3.05, 3.63) is 27.7 Å². The van der Waals surface area contributed by atoms with E-state index in [9.17, 15) is 5.11 Å². The van der Waals surface area contributed by atoms with E-state index in [4.69, 9.17) is 5.26 Å². The van der Waals surface area contributed by atoms with Crippen molar-refractivity contribution in [2.24, 2.45) is 5.92 Å². The lowest BCUT2D eigenvalue weighted by molar-refractivity contribution is 0.151. The van der Waals surface area contributed by atoms with Crippen LogP contribution in [-0.2, 0) is 0 Å². The molecule has 23 heavy (non-hydrogen) atoms. The number of phenols is 1.